The Morgan fingerprint density at radius 2 is 1.76 bits per heavy atom. The second kappa shape index (κ2) is 9.77. The van der Waals surface area contributed by atoms with Crippen molar-refractivity contribution < 1.29 is 19.1 Å². The fraction of sp³-hybridized carbons (Fsp3) is 0.381. The number of pyridine rings is 1. The Hall–Kier alpha value is -3.29. The molecule has 8 nitrogen and oxygen atoms in total. The third-order valence-corrected chi connectivity index (χ3v) is 4.55. The molecule has 2 amide bonds. The molecule has 3 rings (SSSR count). The van der Waals surface area contributed by atoms with Crippen LogP contribution in [0.1, 0.15) is 24.2 Å². The van der Waals surface area contributed by atoms with E-state index in [0.717, 1.165) is 11.4 Å². The number of aromatic nitrogens is 1. The Bertz CT molecular complexity index is 850. The summed E-state index contributed by atoms with van der Waals surface area (Å²) < 4.78 is 10.6. The molecule has 0 spiro atoms. The van der Waals surface area contributed by atoms with Crippen LogP contribution >= 0.6 is 0 Å². The van der Waals surface area contributed by atoms with E-state index in [1.54, 1.807) is 35.1 Å². The Balaban J connectivity index is 1.65. The number of para-hydroxylation sites is 2. The summed E-state index contributed by atoms with van der Waals surface area (Å²) in [5.74, 6) is 1.20. The number of amides is 2. The zero-order valence-corrected chi connectivity index (χ0v) is 16.8. The van der Waals surface area contributed by atoms with Crippen LogP contribution in [0.25, 0.3) is 0 Å². The summed E-state index contributed by atoms with van der Waals surface area (Å²) in [6, 6.07) is 11.0. The van der Waals surface area contributed by atoms with Crippen LogP contribution in [0.3, 0.4) is 0 Å². The summed E-state index contributed by atoms with van der Waals surface area (Å²) >= 11 is 0. The van der Waals surface area contributed by atoms with Gasteiger partial charge in [-0.3, -0.25) is 4.79 Å². The van der Waals surface area contributed by atoms with E-state index in [-0.39, 0.29) is 12.0 Å². The van der Waals surface area contributed by atoms with Gasteiger partial charge in [0.2, 0.25) is 0 Å². The molecule has 1 saturated heterocycles. The van der Waals surface area contributed by atoms with Gasteiger partial charge in [-0.25, -0.2) is 9.78 Å². The molecule has 1 N–H and O–H groups in total. The summed E-state index contributed by atoms with van der Waals surface area (Å²) in [5.41, 5.74) is 1.33. The van der Waals surface area contributed by atoms with Gasteiger partial charge in [0, 0.05) is 37.9 Å². The molecule has 2 heterocycles. The molecule has 1 aromatic heterocycles. The third kappa shape index (κ3) is 5.16. The number of carbonyl (C=O) groups excluding carboxylic acids is 2. The van der Waals surface area contributed by atoms with Gasteiger partial charge in [0.05, 0.1) is 18.9 Å². The Morgan fingerprint density at radius 1 is 1.03 bits per heavy atom. The monoisotopic (exact) mass is 398 g/mol. The first-order valence-corrected chi connectivity index (χ1v) is 9.78. The fourth-order valence-electron chi connectivity index (χ4n) is 3.11. The van der Waals surface area contributed by atoms with Gasteiger partial charge in [-0.1, -0.05) is 12.1 Å². The van der Waals surface area contributed by atoms with Crippen molar-refractivity contribution in [2.24, 2.45) is 0 Å². The first-order chi connectivity index (χ1) is 14.1. The number of hydrogen-bond acceptors (Lipinski definition) is 6. The second-order valence-electron chi connectivity index (χ2n) is 6.46. The fourth-order valence-corrected chi connectivity index (χ4v) is 3.11. The largest absolute Gasteiger partial charge is 0.492 e. The highest BCUT2D eigenvalue weighted by Crippen LogP contribution is 2.27. The van der Waals surface area contributed by atoms with Gasteiger partial charge < -0.3 is 24.6 Å². The molecule has 1 aliphatic rings. The predicted octanol–water partition coefficient (Wildman–Crippen LogP) is 3.14. The lowest BCUT2D eigenvalue weighted by Gasteiger charge is -2.34. The van der Waals surface area contributed by atoms with Crippen molar-refractivity contribution in [3.8, 4) is 5.75 Å². The molecule has 1 aromatic carbocycles. The van der Waals surface area contributed by atoms with Gasteiger partial charge in [0.1, 0.15) is 11.6 Å². The van der Waals surface area contributed by atoms with Crippen LogP contribution in [0.5, 0.6) is 5.75 Å². The maximum Gasteiger partial charge on any atom is 0.409 e. The lowest BCUT2D eigenvalue weighted by molar-refractivity contribution is 0.0570. The minimum atomic E-state index is -0.331. The van der Waals surface area contributed by atoms with E-state index >= 15 is 0 Å². The minimum absolute atomic E-state index is 0.0861. The number of piperazine rings is 1. The van der Waals surface area contributed by atoms with E-state index in [9.17, 15) is 9.59 Å². The molecule has 29 heavy (non-hydrogen) atoms. The van der Waals surface area contributed by atoms with Crippen LogP contribution in [-0.2, 0) is 4.74 Å². The van der Waals surface area contributed by atoms with Gasteiger partial charge in [-0.05, 0) is 38.1 Å². The summed E-state index contributed by atoms with van der Waals surface area (Å²) in [4.78, 5) is 32.4. The predicted molar refractivity (Wildman–Crippen MR) is 110 cm³/mol. The third-order valence-electron chi connectivity index (χ3n) is 4.55. The van der Waals surface area contributed by atoms with Crippen LogP contribution in [0.2, 0.25) is 0 Å². The molecular weight excluding hydrogens is 372 g/mol. The number of benzene rings is 1. The summed E-state index contributed by atoms with van der Waals surface area (Å²) in [5, 5.41) is 3.22. The van der Waals surface area contributed by atoms with E-state index in [1.165, 1.54) is 0 Å². The van der Waals surface area contributed by atoms with Gasteiger partial charge in [0.25, 0.3) is 5.91 Å². The second-order valence-corrected chi connectivity index (χ2v) is 6.46. The average molecular weight is 398 g/mol. The first-order valence-electron chi connectivity index (χ1n) is 9.78. The van der Waals surface area contributed by atoms with Crippen LogP contribution in [-0.4, -0.2) is 66.2 Å². The molecule has 1 fully saturated rings. The quantitative estimate of drug-likeness (QED) is 0.805. The maximum absolute atomic E-state index is 12.9. The Labute approximate surface area is 170 Å². The molecule has 1 aliphatic heterocycles. The van der Waals surface area contributed by atoms with Crippen molar-refractivity contribution in [2.45, 2.75) is 13.8 Å². The summed E-state index contributed by atoms with van der Waals surface area (Å²) in [6.07, 6.45) is 1.27. The molecule has 2 aromatic rings. The standard InChI is InChI=1S/C21H26N4O4/c1-3-28-18-8-6-5-7-17(18)23-19-15-16(9-10-22-19)20(26)24-11-13-25(14-12-24)21(27)29-4-2/h5-10,15H,3-4,11-14H2,1-2H3,(H,22,23). The van der Waals surface area contributed by atoms with Gasteiger partial charge >= 0.3 is 6.09 Å². The highest BCUT2D eigenvalue weighted by atomic mass is 16.6. The van der Waals surface area contributed by atoms with Gasteiger partial charge in [0.15, 0.2) is 0 Å². The number of rotatable bonds is 6. The Morgan fingerprint density at radius 3 is 2.48 bits per heavy atom. The van der Waals surface area contributed by atoms with Gasteiger partial charge in [-0.2, -0.15) is 0 Å². The molecule has 0 atom stereocenters. The zero-order chi connectivity index (χ0) is 20.6. The SMILES string of the molecule is CCOC(=O)N1CCN(C(=O)c2ccnc(Nc3ccccc3OCC)c2)CC1. The van der Waals surface area contributed by atoms with Crippen LogP contribution in [0.15, 0.2) is 42.6 Å². The molecular formula is C21H26N4O4. The van der Waals surface area contributed by atoms with Crippen molar-refractivity contribution >= 4 is 23.5 Å². The minimum Gasteiger partial charge on any atom is -0.492 e. The number of nitrogens with zero attached hydrogens (tertiary/aromatic N) is 3. The van der Waals surface area contributed by atoms with E-state index < -0.39 is 0 Å². The van der Waals surface area contributed by atoms with E-state index in [1.807, 2.05) is 31.2 Å². The van der Waals surface area contributed by atoms with E-state index in [2.05, 4.69) is 10.3 Å². The molecule has 0 radical (unpaired) electrons. The molecule has 0 unspecified atom stereocenters. The van der Waals surface area contributed by atoms with E-state index in [0.29, 0.717) is 50.8 Å². The van der Waals surface area contributed by atoms with Crippen molar-refractivity contribution in [3.05, 3.63) is 48.2 Å². The Kier molecular flexibility index (Phi) is 6.89. The topological polar surface area (TPSA) is 84.0 Å². The highest BCUT2D eigenvalue weighted by Gasteiger charge is 2.25. The zero-order valence-electron chi connectivity index (χ0n) is 16.8. The number of hydrogen-bond donors (Lipinski definition) is 1. The normalized spacial score (nSPS) is 13.7. The molecule has 0 saturated carbocycles. The smallest absolute Gasteiger partial charge is 0.409 e. The van der Waals surface area contributed by atoms with Crippen LogP contribution < -0.4 is 10.1 Å². The number of nitrogens with one attached hydrogen (secondary N) is 1. The number of carbonyl (C=O) groups is 2. The molecule has 0 aliphatic carbocycles. The lowest BCUT2D eigenvalue weighted by atomic mass is 10.2. The van der Waals surface area contributed by atoms with Crippen molar-refractivity contribution in [1.82, 2.24) is 14.8 Å². The molecule has 0 bridgehead atoms. The van der Waals surface area contributed by atoms with Crippen molar-refractivity contribution in [2.75, 3.05) is 44.7 Å². The molecule has 154 valence electrons. The summed E-state index contributed by atoms with van der Waals surface area (Å²) in [7, 11) is 0. The van der Waals surface area contributed by atoms with Gasteiger partial charge in [-0.15, -0.1) is 0 Å². The average Bonchev–Trinajstić information content (AvgIpc) is 2.75. The maximum atomic E-state index is 12.9. The lowest BCUT2D eigenvalue weighted by Crippen LogP contribution is -2.50. The summed E-state index contributed by atoms with van der Waals surface area (Å²) in [6.45, 7) is 6.46. The van der Waals surface area contributed by atoms with Crippen molar-refractivity contribution in [1.29, 1.82) is 0 Å². The molecule has 8 heteroatoms. The van der Waals surface area contributed by atoms with Crippen LogP contribution in [0.4, 0.5) is 16.3 Å². The number of anilines is 2. The number of ether oxygens (including phenoxy) is 2. The van der Waals surface area contributed by atoms with E-state index in [4.69, 9.17) is 9.47 Å². The van der Waals surface area contributed by atoms with Crippen molar-refractivity contribution in [3.63, 3.8) is 0 Å². The highest BCUT2D eigenvalue weighted by molar-refractivity contribution is 5.95. The van der Waals surface area contributed by atoms with Crippen LogP contribution in [0, 0.1) is 0 Å². The first kappa shape index (κ1) is 20.4.